The van der Waals surface area contributed by atoms with Gasteiger partial charge in [-0.15, -0.1) is 0 Å². The maximum Gasteiger partial charge on any atom is 0.320 e. The SMILES string of the molecule is COc1cc(CO[SiH](c2ccccc2)C(C)(C)C)c([N+](=O)[O-])c(OC)c1OC. The van der Waals surface area contributed by atoms with Crippen molar-refractivity contribution in [3.63, 3.8) is 0 Å². The number of nitrogens with zero attached hydrogens (tertiary/aromatic N) is 1. The van der Waals surface area contributed by atoms with Crippen LogP contribution in [0.3, 0.4) is 0 Å². The van der Waals surface area contributed by atoms with Crippen LogP contribution in [0, 0.1) is 10.1 Å². The molecular weight excluding hydrogens is 378 g/mol. The summed E-state index contributed by atoms with van der Waals surface area (Å²) in [5.41, 5.74) is 0.215. The number of benzene rings is 2. The van der Waals surface area contributed by atoms with Gasteiger partial charge in [0, 0.05) is 0 Å². The van der Waals surface area contributed by atoms with E-state index in [4.69, 9.17) is 18.6 Å². The zero-order valence-corrected chi connectivity index (χ0v) is 18.3. The Morgan fingerprint density at radius 2 is 1.61 bits per heavy atom. The lowest BCUT2D eigenvalue weighted by atomic mass is 10.1. The molecular formula is C20H27NO6Si. The Labute approximate surface area is 167 Å². The van der Waals surface area contributed by atoms with Crippen LogP contribution in [-0.2, 0) is 11.0 Å². The summed E-state index contributed by atoms with van der Waals surface area (Å²) in [7, 11) is 2.35. The third kappa shape index (κ3) is 4.63. The van der Waals surface area contributed by atoms with Gasteiger partial charge in [-0.2, -0.15) is 0 Å². The maximum atomic E-state index is 11.8. The third-order valence-corrected chi connectivity index (χ3v) is 7.42. The lowest BCUT2D eigenvalue weighted by molar-refractivity contribution is -0.386. The van der Waals surface area contributed by atoms with Crippen LogP contribution in [0.2, 0.25) is 5.04 Å². The standard InChI is InChI=1S/C20H27NO6Si/c1-20(2,3)28(15-10-8-7-9-11-15)27-13-14-12-16(24-4)18(25-5)19(26-6)17(14)21(22)23/h7-12,28H,13H2,1-6H3. The van der Waals surface area contributed by atoms with Crippen molar-refractivity contribution in [2.75, 3.05) is 21.3 Å². The number of nitro groups is 1. The maximum absolute atomic E-state index is 11.8. The fourth-order valence-corrected chi connectivity index (χ4v) is 5.76. The van der Waals surface area contributed by atoms with Gasteiger partial charge in [-0.05, 0) is 16.3 Å². The number of nitro benzene ring substituents is 1. The fraction of sp³-hybridized carbons (Fsp3) is 0.400. The number of hydrogen-bond donors (Lipinski definition) is 0. The molecule has 1 unspecified atom stereocenters. The Morgan fingerprint density at radius 3 is 2.07 bits per heavy atom. The highest BCUT2D eigenvalue weighted by atomic mass is 28.3. The molecule has 7 nitrogen and oxygen atoms in total. The molecule has 0 heterocycles. The first kappa shape index (κ1) is 21.7. The van der Waals surface area contributed by atoms with Gasteiger partial charge in [0.2, 0.25) is 20.5 Å². The molecule has 0 radical (unpaired) electrons. The van der Waals surface area contributed by atoms with Crippen LogP contribution in [0.5, 0.6) is 17.2 Å². The zero-order chi connectivity index (χ0) is 20.9. The van der Waals surface area contributed by atoms with E-state index in [0.29, 0.717) is 11.3 Å². The minimum absolute atomic E-state index is 0.0270. The Hall–Kier alpha value is -2.58. The second-order valence-corrected chi connectivity index (χ2v) is 10.9. The summed E-state index contributed by atoms with van der Waals surface area (Å²) in [6, 6.07) is 11.6. The second-order valence-electron chi connectivity index (χ2n) is 7.38. The number of hydrogen-bond acceptors (Lipinski definition) is 6. The highest BCUT2D eigenvalue weighted by Gasteiger charge is 2.33. The van der Waals surface area contributed by atoms with Crippen LogP contribution < -0.4 is 19.4 Å². The Kier molecular flexibility index (Phi) is 7.04. The van der Waals surface area contributed by atoms with E-state index in [1.165, 1.54) is 21.3 Å². The summed E-state index contributed by atoms with van der Waals surface area (Å²) in [5.74, 6) is 0.574. The van der Waals surface area contributed by atoms with E-state index >= 15 is 0 Å². The van der Waals surface area contributed by atoms with Crippen molar-refractivity contribution in [3.8, 4) is 17.2 Å². The quantitative estimate of drug-likeness (QED) is 0.379. The first-order valence-electron chi connectivity index (χ1n) is 8.87. The Balaban J connectivity index is 2.48. The summed E-state index contributed by atoms with van der Waals surface area (Å²) in [5, 5.41) is 12.8. The van der Waals surface area contributed by atoms with E-state index in [1.54, 1.807) is 6.07 Å². The van der Waals surface area contributed by atoms with Crippen LogP contribution in [0.25, 0.3) is 0 Å². The molecule has 0 aliphatic rings. The number of ether oxygens (including phenoxy) is 3. The van der Waals surface area contributed by atoms with Gasteiger partial charge < -0.3 is 18.6 Å². The van der Waals surface area contributed by atoms with Crippen LogP contribution in [0.4, 0.5) is 5.69 Å². The molecule has 2 rings (SSSR count). The summed E-state index contributed by atoms with van der Waals surface area (Å²) in [6.45, 7) is 6.46. The molecule has 0 bridgehead atoms. The molecule has 0 fully saturated rings. The molecule has 0 spiro atoms. The van der Waals surface area contributed by atoms with Gasteiger partial charge in [-0.25, -0.2) is 0 Å². The third-order valence-electron chi connectivity index (χ3n) is 4.36. The van der Waals surface area contributed by atoms with Crippen molar-refractivity contribution in [2.24, 2.45) is 0 Å². The molecule has 0 N–H and O–H groups in total. The van der Waals surface area contributed by atoms with Crippen LogP contribution in [0.1, 0.15) is 26.3 Å². The van der Waals surface area contributed by atoms with Gasteiger partial charge >= 0.3 is 5.69 Å². The number of methoxy groups -OCH3 is 3. The lowest BCUT2D eigenvalue weighted by Gasteiger charge is -2.29. The molecule has 2 aromatic rings. The highest BCUT2D eigenvalue weighted by molar-refractivity contribution is 6.70. The van der Waals surface area contributed by atoms with E-state index < -0.39 is 14.0 Å². The molecule has 0 saturated carbocycles. The van der Waals surface area contributed by atoms with E-state index in [-0.39, 0.29) is 28.8 Å². The molecule has 152 valence electrons. The first-order valence-corrected chi connectivity index (χ1v) is 10.5. The van der Waals surface area contributed by atoms with Crippen molar-refractivity contribution >= 4 is 19.9 Å². The van der Waals surface area contributed by atoms with Crippen LogP contribution in [0.15, 0.2) is 36.4 Å². The predicted molar refractivity (Wildman–Crippen MR) is 110 cm³/mol. The fourth-order valence-electron chi connectivity index (χ4n) is 3.15. The normalized spacial score (nSPS) is 12.4. The van der Waals surface area contributed by atoms with Crippen LogP contribution in [-0.4, -0.2) is 35.3 Å². The highest BCUT2D eigenvalue weighted by Crippen LogP contribution is 2.46. The number of rotatable bonds is 8. The summed E-state index contributed by atoms with van der Waals surface area (Å²) < 4.78 is 22.2. The molecule has 8 heteroatoms. The average molecular weight is 406 g/mol. The smallest absolute Gasteiger partial charge is 0.320 e. The molecule has 28 heavy (non-hydrogen) atoms. The second kappa shape index (κ2) is 9.07. The Morgan fingerprint density at radius 1 is 1.00 bits per heavy atom. The van der Waals surface area contributed by atoms with Crippen molar-refractivity contribution in [1.82, 2.24) is 0 Å². The summed E-state index contributed by atoms with van der Waals surface area (Å²) >= 11 is 0. The van der Waals surface area contributed by atoms with E-state index in [0.717, 1.165) is 5.19 Å². The van der Waals surface area contributed by atoms with E-state index in [2.05, 4.69) is 20.8 Å². The van der Waals surface area contributed by atoms with Crippen molar-refractivity contribution < 1.29 is 23.6 Å². The van der Waals surface area contributed by atoms with E-state index in [1.807, 2.05) is 30.3 Å². The Bertz CT molecular complexity index is 820. The molecule has 0 aromatic heterocycles. The van der Waals surface area contributed by atoms with E-state index in [9.17, 15) is 10.1 Å². The minimum atomic E-state index is -1.91. The van der Waals surface area contributed by atoms with Crippen molar-refractivity contribution in [3.05, 3.63) is 52.1 Å². The first-order chi connectivity index (χ1) is 13.2. The van der Waals surface area contributed by atoms with Gasteiger partial charge in [0.25, 0.3) is 0 Å². The van der Waals surface area contributed by atoms with Crippen molar-refractivity contribution in [1.29, 1.82) is 0 Å². The molecule has 2 aromatic carbocycles. The molecule has 0 saturated heterocycles. The topological polar surface area (TPSA) is 80.1 Å². The summed E-state index contributed by atoms with van der Waals surface area (Å²) in [4.78, 5) is 11.3. The lowest BCUT2D eigenvalue weighted by Crippen LogP contribution is -2.41. The zero-order valence-electron chi connectivity index (χ0n) is 17.1. The summed E-state index contributed by atoms with van der Waals surface area (Å²) in [6.07, 6.45) is 0. The molecule has 0 aliphatic heterocycles. The van der Waals surface area contributed by atoms with Crippen molar-refractivity contribution in [2.45, 2.75) is 32.4 Å². The van der Waals surface area contributed by atoms with Gasteiger partial charge in [0.1, 0.15) is 0 Å². The average Bonchev–Trinajstić information content (AvgIpc) is 2.66. The van der Waals surface area contributed by atoms with Gasteiger partial charge in [-0.1, -0.05) is 51.1 Å². The van der Waals surface area contributed by atoms with Gasteiger partial charge in [0.05, 0.1) is 38.4 Å². The molecule has 0 amide bonds. The van der Waals surface area contributed by atoms with Crippen LogP contribution >= 0.6 is 0 Å². The van der Waals surface area contributed by atoms with Gasteiger partial charge in [-0.3, -0.25) is 10.1 Å². The predicted octanol–water partition coefficient (Wildman–Crippen LogP) is 3.57. The molecule has 0 aliphatic carbocycles. The molecule has 1 atom stereocenters. The minimum Gasteiger partial charge on any atom is -0.493 e. The monoisotopic (exact) mass is 405 g/mol. The largest absolute Gasteiger partial charge is 0.493 e. The van der Waals surface area contributed by atoms with Gasteiger partial charge in [0.15, 0.2) is 5.75 Å².